The number of aryl methyl sites for hydroxylation is 1. The highest BCUT2D eigenvalue weighted by Crippen LogP contribution is 2.64. The zero-order valence-electron chi connectivity index (χ0n) is 25.9. The molecule has 11 nitrogen and oxygen atoms in total. The van der Waals surface area contributed by atoms with Crippen LogP contribution in [0.1, 0.15) is 97.7 Å². The van der Waals surface area contributed by atoms with Gasteiger partial charge in [-0.25, -0.2) is 0 Å². The molecular weight excluding hydrogens is 574 g/mol. The second-order valence-corrected chi connectivity index (χ2v) is 13.5. The van der Waals surface area contributed by atoms with Gasteiger partial charge in [-0.15, -0.1) is 0 Å². The maximum absolute atomic E-state index is 11.6. The lowest BCUT2D eigenvalue weighted by Gasteiger charge is -2.51. The second-order valence-electron chi connectivity index (χ2n) is 13.5. The van der Waals surface area contributed by atoms with Crippen molar-refractivity contribution in [3.8, 4) is 5.75 Å². The zero-order valence-corrected chi connectivity index (χ0v) is 25.9. The van der Waals surface area contributed by atoms with Crippen molar-refractivity contribution in [2.75, 3.05) is 13.2 Å². The number of primary amides is 1. The standard InChI is InChI=1S/C34H43N5O6/c1-34-14-13-27-26-12-10-25(44-20-24-8-7-23(33(35)40)19-30(24)39(41)42)17-21(26)9-11-28(27)29(34)18-22(5-4-15-37-38-36)32(34)45-31-6-2-3-16-43-31/h7-8,10,12,17,19,22,27-29,31-32H,2-6,9,11,13-16,18,20H2,1H3,(H2,35,40)/t22-,27+,28+,29-,31?,32-,34-/m0/s1. The topological polar surface area (TPSA) is 163 Å². The quantitative estimate of drug-likeness (QED) is 0.0691. The molecule has 0 radical (unpaired) electrons. The smallest absolute Gasteiger partial charge is 0.276 e. The number of nitro groups is 1. The van der Waals surface area contributed by atoms with Gasteiger partial charge in [-0.05, 0) is 134 Å². The van der Waals surface area contributed by atoms with E-state index < -0.39 is 10.8 Å². The first kappa shape index (κ1) is 31.3. The molecule has 1 unspecified atom stereocenters. The van der Waals surface area contributed by atoms with Crippen molar-refractivity contribution in [1.82, 2.24) is 0 Å². The Hall–Kier alpha value is -3.66. The molecule has 2 aromatic carbocycles. The maximum Gasteiger partial charge on any atom is 0.276 e. The zero-order chi connectivity index (χ0) is 31.6. The van der Waals surface area contributed by atoms with Gasteiger partial charge in [-0.3, -0.25) is 14.9 Å². The average Bonchev–Trinajstić information content (AvgIpc) is 3.33. The van der Waals surface area contributed by atoms with E-state index in [2.05, 4.69) is 29.1 Å². The molecule has 0 spiro atoms. The third-order valence-corrected chi connectivity index (χ3v) is 11.1. The lowest BCUT2D eigenvalue weighted by atomic mass is 9.55. The lowest BCUT2D eigenvalue weighted by Crippen LogP contribution is -2.47. The highest BCUT2D eigenvalue weighted by atomic mass is 16.7. The summed E-state index contributed by atoms with van der Waals surface area (Å²) in [6, 6.07) is 10.5. The molecule has 7 atom stereocenters. The summed E-state index contributed by atoms with van der Waals surface area (Å²) >= 11 is 0. The third-order valence-electron chi connectivity index (χ3n) is 11.1. The molecular formula is C34H43N5O6. The fourth-order valence-electron chi connectivity index (χ4n) is 8.94. The summed E-state index contributed by atoms with van der Waals surface area (Å²) in [6.07, 6.45) is 10.5. The molecule has 2 aromatic rings. The molecule has 1 heterocycles. The van der Waals surface area contributed by atoms with Gasteiger partial charge >= 0.3 is 0 Å². The molecule has 1 aliphatic heterocycles. The van der Waals surface area contributed by atoms with Crippen molar-refractivity contribution >= 4 is 11.6 Å². The minimum Gasteiger partial charge on any atom is -0.489 e. The third kappa shape index (κ3) is 6.39. The van der Waals surface area contributed by atoms with E-state index in [4.69, 9.17) is 25.5 Å². The normalized spacial score (nSPS) is 30.3. The van der Waals surface area contributed by atoms with Crippen LogP contribution < -0.4 is 10.5 Å². The van der Waals surface area contributed by atoms with Crippen LogP contribution in [0.4, 0.5) is 5.69 Å². The van der Waals surface area contributed by atoms with E-state index in [0.717, 1.165) is 70.8 Å². The number of azide groups is 1. The Balaban J connectivity index is 1.17. The molecule has 1 saturated heterocycles. The second kappa shape index (κ2) is 13.4. The van der Waals surface area contributed by atoms with E-state index in [1.807, 2.05) is 6.07 Å². The van der Waals surface area contributed by atoms with Crippen molar-refractivity contribution in [3.05, 3.63) is 79.2 Å². The van der Waals surface area contributed by atoms with Crippen LogP contribution in [0.5, 0.6) is 5.75 Å². The predicted octanol–water partition coefficient (Wildman–Crippen LogP) is 7.36. The highest BCUT2D eigenvalue weighted by molar-refractivity contribution is 5.93. The predicted molar refractivity (Wildman–Crippen MR) is 168 cm³/mol. The monoisotopic (exact) mass is 617 g/mol. The van der Waals surface area contributed by atoms with E-state index >= 15 is 0 Å². The Labute approximate surface area is 263 Å². The lowest BCUT2D eigenvalue weighted by molar-refractivity contribution is -0.385. The number of benzene rings is 2. The number of hydrogen-bond donors (Lipinski definition) is 1. The van der Waals surface area contributed by atoms with Gasteiger partial charge in [0.15, 0.2) is 6.29 Å². The van der Waals surface area contributed by atoms with Gasteiger partial charge in [0.05, 0.1) is 16.6 Å². The molecule has 0 bridgehead atoms. The average molecular weight is 618 g/mol. The number of carbonyl (C=O) groups is 1. The molecule has 45 heavy (non-hydrogen) atoms. The van der Waals surface area contributed by atoms with Crippen LogP contribution in [0.3, 0.4) is 0 Å². The van der Waals surface area contributed by atoms with Crippen molar-refractivity contribution in [2.24, 2.45) is 34.0 Å². The highest BCUT2D eigenvalue weighted by Gasteiger charge is 2.59. The molecule has 2 N–H and O–H groups in total. The fraction of sp³-hybridized carbons (Fsp3) is 0.618. The van der Waals surface area contributed by atoms with E-state index in [-0.39, 0.29) is 35.7 Å². The number of nitro benzene ring substituents is 1. The van der Waals surface area contributed by atoms with E-state index in [9.17, 15) is 14.9 Å². The summed E-state index contributed by atoms with van der Waals surface area (Å²) in [7, 11) is 0. The number of nitrogens with two attached hydrogens (primary N) is 1. The van der Waals surface area contributed by atoms with Crippen molar-refractivity contribution in [3.63, 3.8) is 0 Å². The van der Waals surface area contributed by atoms with Gasteiger partial charge in [0.2, 0.25) is 5.91 Å². The fourth-order valence-corrected chi connectivity index (χ4v) is 8.94. The van der Waals surface area contributed by atoms with Crippen LogP contribution in [-0.4, -0.2) is 36.4 Å². The van der Waals surface area contributed by atoms with Gasteiger partial charge in [-0.1, -0.05) is 18.1 Å². The minimum absolute atomic E-state index is 0.0216. The van der Waals surface area contributed by atoms with Crippen molar-refractivity contribution in [1.29, 1.82) is 0 Å². The van der Waals surface area contributed by atoms with Gasteiger partial charge in [-0.2, -0.15) is 0 Å². The summed E-state index contributed by atoms with van der Waals surface area (Å²) < 4.78 is 19.0. The van der Waals surface area contributed by atoms with Gasteiger partial charge in [0, 0.05) is 29.7 Å². The first-order valence-electron chi connectivity index (χ1n) is 16.4. The Morgan fingerprint density at radius 1 is 1.22 bits per heavy atom. The minimum atomic E-state index is -0.707. The number of carbonyl (C=O) groups excluding carboxylic acids is 1. The number of rotatable bonds is 11. The number of nitrogens with zero attached hydrogens (tertiary/aromatic N) is 4. The Kier molecular flexibility index (Phi) is 9.31. The largest absolute Gasteiger partial charge is 0.489 e. The molecule has 1 amide bonds. The number of amides is 1. The Morgan fingerprint density at radius 3 is 2.84 bits per heavy atom. The molecule has 2 saturated carbocycles. The number of hydrogen-bond acceptors (Lipinski definition) is 7. The summed E-state index contributed by atoms with van der Waals surface area (Å²) in [5, 5.41) is 15.4. The first-order chi connectivity index (χ1) is 21.8. The van der Waals surface area contributed by atoms with Gasteiger partial charge in [0.25, 0.3) is 5.69 Å². The summed E-state index contributed by atoms with van der Waals surface area (Å²) in [5.74, 6) is 2.02. The maximum atomic E-state index is 11.6. The molecule has 3 fully saturated rings. The first-order valence-corrected chi connectivity index (χ1v) is 16.4. The van der Waals surface area contributed by atoms with Crippen molar-refractivity contribution < 1.29 is 23.9 Å². The Bertz CT molecular complexity index is 1470. The molecule has 6 rings (SSSR count). The molecule has 4 aliphatic rings. The van der Waals surface area contributed by atoms with E-state index in [0.29, 0.717) is 41.5 Å². The van der Waals surface area contributed by atoms with Gasteiger partial charge < -0.3 is 19.9 Å². The summed E-state index contributed by atoms with van der Waals surface area (Å²) in [4.78, 5) is 25.6. The van der Waals surface area contributed by atoms with Crippen molar-refractivity contribution in [2.45, 2.75) is 96.1 Å². The number of ether oxygens (including phenoxy) is 3. The van der Waals surface area contributed by atoms with Crippen LogP contribution in [0.15, 0.2) is 41.5 Å². The molecule has 11 heteroatoms. The molecule has 0 aromatic heterocycles. The van der Waals surface area contributed by atoms with Crippen LogP contribution in [0.2, 0.25) is 0 Å². The molecule has 3 aliphatic carbocycles. The Morgan fingerprint density at radius 2 is 2.09 bits per heavy atom. The van der Waals surface area contributed by atoms with Crippen LogP contribution >= 0.6 is 0 Å². The van der Waals surface area contributed by atoms with E-state index in [1.54, 1.807) is 0 Å². The van der Waals surface area contributed by atoms with Crippen LogP contribution in [0.25, 0.3) is 10.4 Å². The molecule has 240 valence electrons. The van der Waals surface area contributed by atoms with E-state index in [1.165, 1.54) is 29.3 Å². The van der Waals surface area contributed by atoms with Crippen LogP contribution in [-0.2, 0) is 22.5 Å². The SMILES string of the molecule is C[C@]12CC[C@@H]3c4ccc(OCc5ccc(C(N)=O)cc5[N+](=O)[O-])cc4CC[C@H]3[C@@H]1C[C@H](CCCN=[N+]=[N-])[C@@H]2OC1CCCCO1. The van der Waals surface area contributed by atoms with Gasteiger partial charge in [0.1, 0.15) is 12.4 Å². The summed E-state index contributed by atoms with van der Waals surface area (Å²) in [5.41, 5.74) is 17.2. The summed E-state index contributed by atoms with van der Waals surface area (Å²) in [6.45, 7) is 3.77. The van der Waals surface area contributed by atoms with Crippen LogP contribution in [0, 0.1) is 33.3 Å². The number of fused-ring (bicyclic) bond motifs is 5.